The number of alkyl halides is 3. The highest BCUT2D eigenvalue weighted by molar-refractivity contribution is 6.01. The van der Waals surface area contributed by atoms with E-state index in [0.717, 1.165) is 4.90 Å². The van der Waals surface area contributed by atoms with Gasteiger partial charge in [-0.3, -0.25) is 14.5 Å². The van der Waals surface area contributed by atoms with Gasteiger partial charge in [0.15, 0.2) is 0 Å². The van der Waals surface area contributed by atoms with Crippen LogP contribution in [0.15, 0.2) is 24.3 Å². The molecule has 0 radical (unpaired) electrons. The van der Waals surface area contributed by atoms with Crippen LogP contribution >= 0.6 is 0 Å². The lowest BCUT2D eigenvalue weighted by atomic mass is 10.1. The Bertz CT molecular complexity index is 512. The van der Waals surface area contributed by atoms with Crippen molar-refractivity contribution in [2.75, 3.05) is 6.54 Å². The van der Waals surface area contributed by atoms with Gasteiger partial charge in [-0.05, 0) is 24.1 Å². The molecule has 1 aliphatic heterocycles. The molecule has 108 valence electrons. The monoisotopic (exact) mass is 287 g/mol. The first-order valence-electron chi connectivity index (χ1n) is 6.03. The van der Waals surface area contributed by atoms with Crippen molar-refractivity contribution in [2.24, 2.45) is 0 Å². The molecular formula is C13H12F3NO3. The van der Waals surface area contributed by atoms with E-state index >= 15 is 0 Å². The van der Waals surface area contributed by atoms with Crippen LogP contribution < -0.4 is 4.74 Å². The van der Waals surface area contributed by atoms with Crippen LogP contribution in [0.25, 0.3) is 0 Å². The van der Waals surface area contributed by atoms with Gasteiger partial charge in [0.25, 0.3) is 0 Å². The number of rotatable bonds is 4. The van der Waals surface area contributed by atoms with Crippen molar-refractivity contribution < 1.29 is 27.5 Å². The van der Waals surface area contributed by atoms with E-state index < -0.39 is 6.36 Å². The lowest BCUT2D eigenvalue weighted by molar-refractivity contribution is -0.274. The molecule has 0 spiro atoms. The third-order valence-corrected chi connectivity index (χ3v) is 2.91. The van der Waals surface area contributed by atoms with E-state index in [1.807, 2.05) is 0 Å². The number of imide groups is 1. The molecule has 20 heavy (non-hydrogen) atoms. The molecule has 0 atom stereocenters. The average Bonchev–Trinajstić information content (AvgIpc) is 2.65. The number of carbonyl (C=O) groups excluding carboxylic acids is 2. The first-order valence-corrected chi connectivity index (χ1v) is 6.03. The number of ether oxygens (including phenoxy) is 1. The lowest BCUT2D eigenvalue weighted by Crippen LogP contribution is -2.31. The fraction of sp³-hybridized carbons (Fsp3) is 0.385. The van der Waals surface area contributed by atoms with Gasteiger partial charge in [0.2, 0.25) is 11.8 Å². The lowest BCUT2D eigenvalue weighted by Gasteiger charge is -2.14. The molecule has 1 aromatic carbocycles. The maximum absolute atomic E-state index is 12.1. The number of halogens is 3. The van der Waals surface area contributed by atoms with Crippen LogP contribution in [0.5, 0.6) is 5.75 Å². The molecule has 0 N–H and O–H groups in total. The summed E-state index contributed by atoms with van der Waals surface area (Å²) in [6.45, 7) is 0.174. The largest absolute Gasteiger partial charge is 0.573 e. The Balaban J connectivity index is 1.98. The highest BCUT2D eigenvalue weighted by Gasteiger charge is 2.31. The van der Waals surface area contributed by atoms with Crippen molar-refractivity contribution in [3.8, 4) is 5.75 Å². The van der Waals surface area contributed by atoms with Gasteiger partial charge in [-0.2, -0.15) is 0 Å². The molecule has 1 fully saturated rings. The Morgan fingerprint density at radius 1 is 1.15 bits per heavy atom. The van der Waals surface area contributed by atoms with Crippen molar-refractivity contribution in [1.29, 1.82) is 0 Å². The van der Waals surface area contributed by atoms with Crippen molar-refractivity contribution in [1.82, 2.24) is 4.90 Å². The number of benzene rings is 1. The minimum absolute atomic E-state index is 0.174. The fourth-order valence-electron chi connectivity index (χ4n) is 2.01. The Morgan fingerprint density at radius 2 is 1.80 bits per heavy atom. The summed E-state index contributed by atoms with van der Waals surface area (Å²) < 4.78 is 40.1. The minimum atomic E-state index is -4.74. The summed E-state index contributed by atoms with van der Waals surface area (Å²) in [6, 6.07) is 5.50. The van der Waals surface area contributed by atoms with E-state index in [2.05, 4.69) is 4.74 Å². The summed E-state index contributed by atoms with van der Waals surface area (Å²) in [7, 11) is 0. The van der Waals surface area contributed by atoms with Crippen LogP contribution in [0.4, 0.5) is 13.2 Å². The van der Waals surface area contributed by atoms with E-state index in [0.29, 0.717) is 12.0 Å². The topological polar surface area (TPSA) is 46.6 Å². The van der Waals surface area contributed by atoms with Crippen molar-refractivity contribution in [3.05, 3.63) is 29.8 Å². The maximum Gasteiger partial charge on any atom is 0.573 e. The van der Waals surface area contributed by atoms with Gasteiger partial charge in [0.1, 0.15) is 5.75 Å². The van der Waals surface area contributed by atoms with E-state index in [9.17, 15) is 22.8 Å². The summed E-state index contributed by atoms with van der Waals surface area (Å²) in [6.07, 6.45) is -4.03. The van der Waals surface area contributed by atoms with E-state index in [-0.39, 0.29) is 37.0 Å². The van der Waals surface area contributed by atoms with Gasteiger partial charge >= 0.3 is 6.36 Å². The predicted octanol–water partition coefficient (Wildman–Crippen LogP) is 2.28. The molecule has 2 rings (SSSR count). The predicted molar refractivity (Wildman–Crippen MR) is 62.8 cm³/mol. The maximum atomic E-state index is 12.1. The van der Waals surface area contributed by atoms with E-state index in [1.54, 1.807) is 6.07 Å². The summed E-state index contributed by atoms with van der Waals surface area (Å²) in [5.74, 6) is -0.788. The molecule has 0 aliphatic carbocycles. The van der Waals surface area contributed by atoms with Crippen LogP contribution in [-0.4, -0.2) is 29.6 Å². The van der Waals surface area contributed by atoms with Crippen LogP contribution in [0.2, 0.25) is 0 Å². The first kappa shape index (κ1) is 14.4. The van der Waals surface area contributed by atoms with Crippen LogP contribution in [0.1, 0.15) is 18.4 Å². The normalized spacial score (nSPS) is 15.8. The second-order valence-electron chi connectivity index (χ2n) is 4.38. The number of likely N-dealkylation sites (tertiary alicyclic amines) is 1. The molecule has 4 nitrogen and oxygen atoms in total. The quantitative estimate of drug-likeness (QED) is 0.798. The molecule has 1 heterocycles. The number of amides is 2. The van der Waals surface area contributed by atoms with Gasteiger partial charge in [0.05, 0.1) is 0 Å². The zero-order chi connectivity index (χ0) is 14.8. The Hall–Kier alpha value is -2.05. The molecule has 0 saturated carbocycles. The van der Waals surface area contributed by atoms with Crippen LogP contribution in [0.3, 0.4) is 0 Å². The molecule has 1 aromatic rings. The third kappa shape index (κ3) is 3.72. The molecule has 0 unspecified atom stereocenters. The van der Waals surface area contributed by atoms with Gasteiger partial charge < -0.3 is 4.74 Å². The second-order valence-corrected chi connectivity index (χ2v) is 4.38. The minimum Gasteiger partial charge on any atom is -0.406 e. The molecule has 1 aliphatic rings. The SMILES string of the molecule is O=C1CCC(=O)N1CCc1cccc(OC(F)(F)F)c1. The third-order valence-electron chi connectivity index (χ3n) is 2.91. The summed E-state index contributed by atoms with van der Waals surface area (Å²) in [4.78, 5) is 23.9. The Labute approximate surface area is 113 Å². The molecule has 0 aromatic heterocycles. The molecule has 1 saturated heterocycles. The Morgan fingerprint density at radius 3 is 2.40 bits per heavy atom. The Kier molecular flexibility index (Phi) is 3.96. The zero-order valence-electron chi connectivity index (χ0n) is 10.4. The van der Waals surface area contributed by atoms with Gasteiger partial charge in [-0.15, -0.1) is 13.2 Å². The fourth-order valence-corrected chi connectivity index (χ4v) is 2.01. The highest BCUT2D eigenvalue weighted by Crippen LogP contribution is 2.23. The van der Waals surface area contributed by atoms with Crippen molar-refractivity contribution in [3.63, 3.8) is 0 Å². The zero-order valence-corrected chi connectivity index (χ0v) is 10.4. The molecule has 7 heteroatoms. The number of hydrogen-bond acceptors (Lipinski definition) is 3. The van der Waals surface area contributed by atoms with E-state index in [1.165, 1.54) is 18.2 Å². The molecule has 2 amide bonds. The van der Waals surface area contributed by atoms with Crippen molar-refractivity contribution >= 4 is 11.8 Å². The average molecular weight is 287 g/mol. The van der Waals surface area contributed by atoms with Crippen molar-refractivity contribution in [2.45, 2.75) is 25.6 Å². The highest BCUT2D eigenvalue weighted by atomic mass is 19.4. The smallest absolute Gasteiger partial charge is 0.406 e. The molecular weight excluding hydrogens is 275 g/mol. The summed E-state index contributed by atoms with van der Waals surface area (Å²) in [5.41, 5.74) is 0.569. The van der Waals surface area contributed by atoms with Gasteiger partial charge in [-0.1, -0.05) is 12.1 Å². The second kappa shape index (κ2) is 5.52. The number of hydrogen-bond donors (Lipinski definition) is 0. The number of nitrogens with zero attached hydrogens (tertiary/aromatic N) is 1. The summed E-state index contributed by atoms with van der Waals surface area (Å²) >= 11 is 0. The van der Waals surface area contributed by atoms with E-state index in [4.69, 9.17) is 0 Å². The van der Waals surface area contributed by atoms with Crippen LogP contribution in [0, 0.1) is 0 Å². The summed E-state index contributed by atoms with van der Waals surface area (Å²) in [5, 5.41) is 0. The number of carbonyl (C=O) groups is 2. The molecule has 0 bridgehead atoms. The van der Waals surface area contributed by atoms with Gasteiger partial charge in [0, 0.05) is 19.4 Å². The van der Waals surface area contributed by atoms with Gasteiger partial charge in [-0.25, -0.2) is 0 Å². The standard InChI is InChI=1S/C13H12F3NO3/c14-13(15,16)20-10-3-1-2-9(8-10)6-7-17-11(18)4-5-12(17)19/h1-3,8H,4-7H2. The first-order chi connectivity index (χ1) is 9.35. The van der Waals surface area contributed by atoms with Crippen LogP contribution in [-0.2, 0) is 16.0 Å².